The molecule has 0 aliphatic heterocycles. The van der Waals surface area contributed by atoms with Gasteiger partial charge in [0, 0.05) is 24.5 Å². The van der Waals surface area contributed by atoms with Gasteiger partial charge >= 0.3 is 5.97 Å². The summed E-state index contributed by atoms with van der Waals surface area (Å²) in [6.45, 7) is 2.80. The van der Waals surface area contributed by atoms with Crippen LogP contribution >= 0.6 is 11.6 Å². The lowest BCUT2D eigenvalue weighted by Gasteiger charge is -2.04. The number of carboxylic acid groups (broad SMARTS) is 1. The molecule has 0 bridgehead atoms. The Bertz CT molecular complexity index is 592. The molecule has 0 aliphatic carbocycles. The molecule has 2 aromatic rings. The van der Waals surface area contributed by atoms with Crippen molar-refractivity contribution < 1.29 is 9.90 Å². The molecule has 96 valence electrons. The Morgan fingerprint density at radius 2 is 2.28 bits per heavy atom. The molecule has 1 unspecified atom stereocenters. The SMILES string of the molecule is CCn1cc(CC(N)C(=O)O)c2cccc(Cl)c21. The van der Waals surface area contributed by atoms with Crippen LogP contribution in [-0.2, 0) is 17.8 Å². The number of hydrogen-bond acceptors (Lipinski definition) is 2. The number of carboxylic acids is 1. The molecule has 2 rings (SSSR count). The summed E-state index contributed by atoms with van der Waals surface area (Å²) in [4.78, 5) is 10.8. The number of aromatic nitrogens is 1. The molecule has 18 heavy (non-hydrogen) atoms. The lowest BCUT2D eigenvalue weighted by atomic mass is 10.1. The number of benzene rings is 1. The van der Waals surface area contributed by atoms with Crippen LogP contribution in [-0.4, -0.2) is 21.7 Å². The number of hydrogen-bond donors (Lipinski definition) is 2. The normalized spacial score (nSPS) is 12.8. The van der Waals surface area contributed by atoms with Crippen LogP contribution in [0.4, 0.5) is 0 Å². The third kappa shape index (κ3) is 2.21. The summed E-state index contributed by atoms with van der Waals surface area (Å²) < 4.78 is 2.02. The highest BCUT2D eigenvalue weighted by molar-refractivity contribution is 6.35. The van der Waals surface area contributed by atoms with Gasteiger partial charge in [0.15, 0.2) is 0 Å². The van der Waals surface area contributed by atoms with Crippen LogP contribution in [0.2, 0.25) is 5.02 Å². The summed E-state index contributed by atoms with van der Waals surface area (Å²) in [5.74, 6) is -0.991. The van der Waals surface area contributed by atoms with E-state index in [2.05, 4.69) is 0 Å². The van der Waals surface area contributed by atoms with Crippen molar-refractivity contribution >= 4 is 28.5 Å². The first-order valence-electron chi connectivity index (χ1n) is 5.79. The molecule has 0 saturated heterocycles. The van der Waals surface area contributed by atoms with Crippen LogP contribution in [0.1, 0.15) is 12.5 Å². The molecule has 0 radical (unpaired) electrons. The van der Waals surface area contributed by atoms with Gasteiger partial charge in [0.1, 0.15) is 6.04 Å². The zero-order valence-electron chi connectivity index (χ0n) is 10.1. The molecular formula is C13H15ClN2O2. The summed E-state index contributed by atoms with van der Waals surface area (Å²) >= 11 is 6.18. The van der Waals surface area contributed by atoms with Crippen LogP contribution in [0, 0.1) is 0 Å². The maximum absolute atomic E-state index is 10.8. The van der Waals surface area contributed by atoms with Crippen molar-refractivity contribution in [2.24, 2.45) is 5.73 Å². The second-order valence-corrected chi connectivity index (χ2v) is 4.63. The van der Waals surface area contributed by atoms with Crippen LogP contribution in [0.15, 0.2) is 24.4 Å². The summed E-state index contributed by atoms with van der Waals surface area (Å²) in [5, 5.41) is 10.5. The zero-order valence-corrected chi connectivity index (χ0v) is 10.8. The fourth-order valence-corrected chi connectivity index (χ4v) is 2.41. The van der Waals surface area contributed by atoms with E-state index in [-0.39, 0.29) is 0 Å². The fourth-order valence-electron chi connectivity index (χ4n) is 2.12. The summed E-state index contributed by atoms with van der Waals surface area (Å²) in [7, 11) is 0. The first-order valence-corrected chi connectivity index (χ1v) is 6.17. The standard InChI is InChI=1S/C13H15ClN2O2/c1-2-16-7-8(6-11(15)13(17)18)9-4-3-5-10(14)12(9)16/h3-5,7,11H,2,6,15H2,1H3,(H,17,18). The predicted octanol–water partition coefficient (Wildman–Crippen LogP) is 2.27. The minimum Gasteiger partial charge on any atom is -0.480 e. The largest absolute Gasteiger partial charge is 0.480 e. The van der Waals surface area contributed by atoms with Gasteiger partial charge < -0.3 is 15.4 Å². The molecular weight excluding hydrogens is 252 g/mol. The van der Waals surface area contributed by atoms with Crippen molar-refractivity contribution in [1.29, 1.82) is 0 Å². The van der Waals surface area contributed by atoms with Crippen molar-refractivity contribution in [3.05, 3.63) is 35.0 Å². The number of fused-ring (bicyclic) bond motifs is 1. The van der Waals surface area contributed by atoms with Gasteiger partial charge in [0.2, 0.25) is 0 Å². The van der Waals surface area contributed by atoms with Crippen molar-refractivity contribution in [3.8, 4) is 0 Å². The maximum Gasteiger partial charge on any atom is 0.320 e. The number of nitrogens with zero attached hydrogens (tertiary/aromatic N) is 1. The number of para-hydroxylation sites is 1. The lowest BCUT2D eigenvalue weighted by molar-refractivity contribution is -0.138. The van der Waals surface area contributed by atoms with Gasteiger partial charge in [-0.1, -0.05) is 23.7 Å². The molecule has 1 aromatic heterocycles. The van der Waals surface area contributed by atoms with E-state index in [0.29, 0.717) is 11.4 Å². The first-order chi connectivity index (χ1) is 8.54. The van der Waals surface area contributed by atoms with Crippen LogP contribution in [0.5, 0.6) is 0 Å². The van der Waals surface area contributed by atoms with Gasteiger partial charge in [-0.25, -0.2) is 0 Å². The second kappa shape index (κ2) is 5.00. The maximum atomic E-state index is 10.8. The fraction of sp³-hybridized carbons (Fsp3) is 0.308. The van der Waals surface area contributed by atoms with E-state index in [9.17, 15) is 4.79 Å². The molecule has 0 saturated carbocycles. The molecule has 5 heteroatoms. The third-order valence-electron chi connectivity index (χ3n) is 3.03. The van der Waals surface area contributed by atoms with Crippen LogP contribution in [0.25, 0.3) is 10.9 Å². The molecule has 1 atom stereocenters. The predicted molar refractivity (Wildman–Crippen MR) is 71.9 cm³/mol. The lowest BCUT2D eigenvalue weighted by Crippen LogP contribution is -2.32. The average Bonchev–Trinajstić information content (AvgIpc) is 2.69. The van der Waals surface area contributed by atoms with E-state index < -0.39 is 12.0 Å². The molecule has 0 spiro atoms. The average molecular weight is 267 g/mol. The van der Waals surface area contributed by atoms with Gasteiger partial charge in [0.25, 0.3) is 0 Å². The number of aryl methyl sites for hydroxylation is 1. The van der Waals surface area contributed by atoms with Gasteiger partial charge in [-0.2, -0.15) is 0 Å². The Morgan fingerprint density at radius 1 is 1.56 bits per heavy atom. The number of halogens is 1. The minimum absolute atomic E-state index is 0.305. The quantitative estimate of drug-likeness (QED) is 0.892. The zero-order chi connectivity index (χ0) is 13.3. The Hall–Kier alpha value is -1.52. The Kier molecular flexibility index (Phi) is 3.59. The van der Waals surface area contributed by atoms with Crippen LogP contribution in [0.3, 0.4) is 0 Å². The van der Waals surface area contributed by atoms with Crippen molar-refractivity contribution in [2.45, 2.75) is 25.9 Å². The Balaban J connectivity index is 2.52. The summed E-state index contributed by atoms with van der Waals surface area (Å²) in [6.07, 6.45) is 2.23. The summed E-state index contributed by atoms with van der Waals surface area (Å²) in [5.41, 5.74) is 7.45. The van der Waals surface area contributed by atoms with E-state index in [1.807, 2.05) is 35.9 Å². The highest BCUT2D eigenvalue weighted by Gasteiger charge is 2.17. The molecule has 1 aromatic carbocycles. The Labute approximate surface area is 110 Å². The number of rotatable bonds is 4. The Morgan fingerprint density at radius 3 is 2.89 bits per heavy atom. The van der Waals surface area contributed by atoms with Gasteiger partial charge in [-0.3, -0.25) is 4.79 Å². The van der Waals surface area contributed by atoms with E-state index >= 15 is 0 Å². The highest BCUT2D eigenvalue weighted by atomic mass is 35.5. The van der Waals surface area contributed by atoms with E-state index in [1.54, 1.807) is 0 Å². The topological polar surface area (TPSA) is 68.2 Å². The molecule has 4 nitrogen and oxygen atoms in total. The number of aliphatic carboxylic acids is 1. The minimum atomic E-state index is -0.991. The molecule has 0 fully saturated rings. The molecule has 1 heterocycles. The monoisotopic (exact) mass is 266 g/mol. The van der Waals surface area contributed by atoms with Crippen molar-refractivity contribution in [2.75, 3.05) is 0 Å². The van der Waals surface area contributed by atoms with Gasteiger partial charge in [-0.05, 0) is 18.6 Å². The molecule has 0 aliphatic rings. The van der Waals surface area contributed by atoms with Crippen molar-refractivity contribution in [1.82, 2.24) is 4.57 Å². The first kappa shape index (κ1) is 12.9. The third-order valence-corrected chi connectivity index (χ3v) is 3.33. The van der Waals surface area contributed by atoms with Crippen molar-refractivity contribution in [3.63, 3.8) is 0 Å². The van der Waals surface area contributed by atoms with E-state index in [1.165, 1.54) is 0 Å². The van der Waals surface area contributed by atoms with E-state index in [0.717, 1.165) is 23.0 Å². The van der Waals surface area contributed by atoms with Gasteiger partial charge in [0.05, 0.1) is 10.5 Å². The molecule has 3 N–H and O–H groups in total. The summed E-state index contributed by atoms with van der Waals surface area (Å²) in [6, 6.07) is 4.74. The number of nitrogens with two attached hydrogens (primary N) is 1. The number of carbonyl (C=O) groups is 1. The second-order valence-electron chi connectivity index (χ2n) is 4.23. The van der Waals surface area contributed by atoms with Gasteiger partial charge in [-0.15, -0.1) is 0 Å². The van der Waals surface area contributed by atoms with Crippen LogP contribution < -0.4 is 5.73 Å². The highest BCUT2D eigenvalue weighted by Crippen LogP contribution is 2.28. The van der Waals surface area contributed by atoms with E-state index in [4.69, 9.17) is 22.4 Å². The smallest absolute Gasteiger partial charge is 0.320 e. The molecule has 0 amide bonds.